The van der Waals surface area contributed by atoms with E-state index in [0.717, 1.165) is 17.3 Å². The normalized spacial score (nSPS) is 19.7. The second-order valence-electron chi connectivity index (χ2n) is 7.00. The van der Waals surface area contributed by atoms with E-state index in [9.17, 15) is 18.8 Å². The minimum absolute atomic E-state index is 0.00966. The van der Waals surface area contributed by atoms with Crippen molar-refractivity contribution in [2.75, 3.05) is 13.2 Å². The first-order chi connectivity index (χ1) is 14.9. The standard InChI is InChI=1S/C22H19FN2O5S/c1-2-25-15(12-29-22(25)28)9-13-3-6-16(7-4-13)30-17-8-5-14(18(23)11-17)10-19-20(26)24-21(27)31-19/h3-8,10-11,15H,2,9,12H2,1H3,(H,24,26,27)/b19-10+. The van der Waals surface area contributed by atoms with Crippen LogP contribution in [0.3, 0.4) is 0 Å². The van der Waals surface area contributed by atoms with Gasteiger partial charge in [-0.3, -0.25) is 14.9 Å². The fraction of sp³-hybridized carbons (Fsp3) is 0.227. The molecule has 4 rings (SSSR count). The molecule has 0 aliphatic carbocycles. The molecule has 2 aliphatic heterocycles. The molecule has 1 atom stereocenters. The van der Waals surface area contributed by atoms with Gasteiger partial charge < -0.3 is 14.4 Å². The van der Waals surface area contributed by atoms with E-state index in [2.05, 4.69) is 5.32 Å². The van der Waals surface area contributed by atoms with Gasteiger partial charge in [-0.2, -0.15) is 0 Å². The van der Waals surface area contributed by atoms with Gasteiger partial charge in [0.15, 0.2) is 0 Å². The quantitative estimate of drug-likeness (QED) is 0.671. The number of ether oxygens (including phenoxy) is 2. The first-order valence-corrected chi connectivity index (χ1v) is 10.5. The summed E-state index contributed by atoms with van der Waals surface area (Å²) in [4.78, 5) is 36.3. The predicted octanol–water partition coefficient (Wildman–Crippen LogP) is 4.33. The molecule has 2 saturated heterocycles. The number of likely N-dealkylation sites (N-methyl/N-ethyl adjacent to an activating group) is 1. The van der Waals surface area contributed by atoms with Crippen LogP contribution in [0.4, 0.5) is 14.0 Å². The number of carbonyl (C=O) groups excluding carboxylic acids is 3. The highest BCUT2D eigenvalue weighted by atomic mass is 32.2. The molecule has 0 bridgehead atoms. The summed E-state index contributed by atoms with van der Waals surface area (Å²) in [6.07, 6.45) is 1.72. The van der Waals surface area contributed by atoms with Gasteiger partial charge in [0.1, 0.15) is 23.9 Å². The number of thioether (sulfide) groups is 1. The zero-order chi connectivity index (χ0) is 22.0. The van der Waals surface area contributed by atoms with E-state index in [1.165, 1.54) is 18.2 Å². The van der Waals surface area contributed by atoms with E-state index in [-0.39, 0.29) is 22.6 Å². The minimum atomic E-state index is -0.570. The third-order valence-electron chi connectivity index (χ3n) is 4.95. The maximum absolute atomic E-state index is 14.4. The van der Waals surface area contributed by atoms with Gasteiger partial charge in [-0.25, -0.2) is 9.18 Å². The summed E-state index contributed by atoms with van der Waals surface area (Å²) >= 11 is 0.732. The van der Waals surface area contributed by atoms with Crippen LogP contribution in [0.15, 0.2) is 47.4 Å². The number of hydrogen-bond acceptors (Lipinski definition) is 6. The van der Waals surface area contributed by atoms with Crippen LogP contribution in [0.25, 0.3) is 6.08 Å². The van der Waals surface area contributed by atoms with Crippen LogP contribution in [0.2, 0.25) is 0 Å². The molecule has 31 heavy (non-hydrogen) atoms. The summed E-state index contributed by atoms with van der Waals surface area (Å²) < 4.78 is 25.2. The zero-order valence-corrected chi connectivity index (χ0v) is 17.4. The van der Waals surface area contributed by atoms with Gasteiger partial charge in [-0.15, -0.1) is 0 Å². The summed E-state index contributed by atoms with van der Waals surface area (Å²) in [5.74, 6) is -0.263. The highest BCUT2D eigenvalue weighted by Crippen LogP contribution is 2.29. The Kier molecular flexibility index (Phi) is 5.94. The smallest absolute Gasteiger partial charge is 0.410 e. The topological polar surface area (TPSA) is 84.9 Å². The molecule has 1 unspecified atom stereocenters. The molecule has 3 amide bonds. The Bertz CT molecular complexity index is 1070. The highest BCUT2D eigenvalue weighted by molar-refractivity contribution is 8.18. The van der Waals surface area contributed by atoms with Crippen molar-refractivity contribution >= 4 is 35.1 Å². The molecule has 9 heteroatoms. The van der Waals surface area contributed by atoms with Crippen LogP contribution in [-0.4, -0.2) is 41.3 Å². The lowest BCUT2D eigenvalue weighted by molar-refractivity contribution is -0.115. The van der Waals surface area contributed by atoms with Gasteiger partial charge in [0.25, 0.3) is 11.1 Å². The maximum Gasteiger partial charge on any atom is 0.410 e. The van der Waals surface area contributed by atoms with E-state index in [0.29, 0.717) is 31.1 Å². The number of halogens is 1. The Labute approximate surface area is 182 Å². The summed E-state index contributed by atoms with van der Waals surface area (Å²) in [6.45, 7) is 2.89. The van der Waals surface area contributed by atoms with Gasteiger partial charge >= 0.3 is 6.09 Å². The summed E-state index contributed by atoms with van der Waals surface area (Å²) in [5.41, 5.74) is 1.22. The molecule has 160 valence electrons. The van der Waals surface area contributed by atoms with Crippen LogP contribution in [0, 0.1) is 5.82 Å². The highest BCUT2D eigenvalue weighted by Gasteiger charge is 2.31. The van der Waals surface area contributed by atoms with Gasteiger partial charge in [0, 0.05) is 18.2 Å². The third kappa shape index (κ3) is 4.72. The third-order valence-corrected chi connectivity index (χ3v) is 5.76. The Balaban J connectivity index is 1.41. The monoisotopic (exact) mass is 442 g/mol. The Morgan fingerprint density at radius 3 is 2.58 bits per heavy atom. The van der Waals surface area contributed by atoms with E-state index in [1.807, 2.05) is 19.1 Å². The fourth-order valence-electron chi connectivity index (χ4n) is 3.40. The van der Waals surface area contributed by atoms with Crippen molar-refractivity contribution in [1.29, 1.82) is 0 Å². The number of hydrogen-bond donors (Lipinski definition) is 1. The molecule has 2 heterocycles. The lowest BCUT2D eigenvalue weighted by Crippen LogP contribution is -2.34. The van der Waals surface area contributed by atoms with E-state index < -0.39 is 17.0 Å². The second kappa shape index (κ2) is 8.81. The molecule has 0 spiro atoms. The number of imide groups is 1. The molecule has 0 radical (unpaired) electrons. The number of nitrogens with zero attached hydrogens (tertiary/aromatic N) is 1. The van der Waals surface area contributed by atoms with Crippen molar-refractivity contribution in [3.63, 3.8) is 0 Å². The van der Waals surface area contributed by atoms with E-state index in [1.54, 1.807) is 23.1 Å². The molecular formula is C22H19FN2O5S. The average Bonchev–Trinajstić information content (AvgIpc) is 3.25. The van der Waals surface area contributed by atoms with Crippen LogP contribution in [-0.2, 0) is 16.0 Å². The van der Waals surface area contributed by atoms with E-state index >= 15 is 0 Å². The largest absolute Gasteiger partial charge is 0.457 e. The number of cyclic esters (lactones) is 1. The number of nitrogens with one attached hydrogen (secondary N) is 1. The van der Waals surface area contributed by atoms with Crippen LogP contribution < -0.4 is 10.1 Å². The van der Waals surface area contributed by atoms with Gasteiger partial charge in [-0.1, -0.05) is 12.1 Å². The molecule has 0 aromatic heterocycles. The van der Waals surface area contributed by atoms with Crippen LogP contribution in [0.5, 0.6) is 11.5 Å². The Morgan fingerprint density at radius 2 is 1.94 bits per heavy atom. The second-order valence-corrected chi connectivity index (χ2v) is 8.02. The lowest BCUT2D eigenvalue weighted by atomic mass is 10.1. The number of carbonyl (C=O) groups is 3. The molecule has 2 aromatic rings. The molecule has 1 N–H and O–H groups in total. The van der Waals surface area contributed by atoms with Crippen molar-refractivity contribution in [3.05, 3.63) is 64.3 Å². The van der Waals surface area contributed by atoms with Gasteiger partial charge in [0.05, 0.1) is 10.9 Å². The lowest BCUT2D eigenvalue weighted by Gasteiger charge is -2.19. The molecule has 2 fully saturated rings. The SMILES string of the molecule is CCN1C(=O)OCC1Cc1ccc(Oc2ccc(/C=C3/SC(=O)NC3=O)c(F)c2)cc1. The van der Waals surface area contributed by atoms with Crippen LogP contribution in [0.1, 0.15) is 18.1 Å². The molecule has 7 nitrogen and oxygen atoms in total. The average molecular weight is 442 g/mol. The van der Waals surface area contributed by atoms with Crippen molar-refractivity contribution in [3.8, 4) is 11.5 Å². The van der Waals surface area contributed by atoms with Crippen molar-refractivity contribution in [2.24, 2.45) is 0 Å². The predicted molar refractivity (Wildman–Crippen MR) is 113 cm³/mol. The number of rotatable bonds is 6. The summed E-state index contributed by atoms with van der Waals surface area (Å²) in [7, 11) is 0. The summed E-state index contributed by atoms with van der Waals surface area (Å²) in [6, 6.07) is 11.7. The fourth-order valence-corrected chi connectivity index (χ4v) is 4.07. The van der Waals surface area contributed by atoms with Crippen molar-refractivity contribution in [1.82, 2.24) is 10.2 Å². The minimum Gasteiger partial charge on any atom is -0.457 e. The number of benzene rings is 2. The molecule has 2 aromatic carbocycles. The Hall–Kier alpha value is -3.33. The Morgan fingerprint density at radius 1 is 1.19 bits per heavy atom. The van der Waals surface area contributed by atoms with Crippen molar-refractivity contribution in [2.45, 2.75) is 19.4 Å². The molecule has 2 aliphatic rings. The maximum atomic E-state index is 14.4. The molecule has 0 saturated carbocycles. The zero-order valence-electron chi connectivity index (χ0n) is 16.6. The first-order valence-electron chi connectivity index (χ1n) is 9.67. The number of amides is 3. The van der Waals surface area contributed by atoms with E-state index in [4.69, 9.17) is 9.47 Å². The van der Waals surface area contributed by atoms with Gasteiger partial charge in [0.2, 0.25) is 0 Å². The first kappa shape index (κ1) is 20.9. The van der Waals surface area contributed by atoms with Gasteiger partial charge in [-0.05, 0) is 61.0 Å². The molecular weight excluding hydrogens is 423 g/mol. The van der Waals surface area contributed by atoms with Crippen LogP contribution >= 0.6 is 11.8 Å². The van der Waals surface area contributed by atoms with Crippen molar-refractivity contribution < 1.29 is 28.2 Å². The summed E-state index contributed by atoms with van der Waals surface area (Å²) in [5, 5.41) is 1.65.